The first-order valence-electron chi connectivity index (χ1n) is 5.99. The van der Waals surface area contributed by atoms with Crippen molar-refractivity contribution in [2.75, 3.05) is 12.0 Å². The van der Waals surface area contributed by atoms with Gasteiger partial charge in [0, 0.05) is 11.6 Å². The van der Waals surface area contributed by atoms with Crippen molar-refractivity contribution in [3.8, 4) is 0 Å². The van der Waals surface area contributed by atoms with E-state index in [2.05, 4.69) is 10.4 Å². The van der Waals surface area contributed by atoms with Crippen LogP contribution in [0.3, 0.4) is 0 Å². The molecule has 1 unspecified atom stereocenters. The van der Waals surface area contributed by atoms with Gasteiger partial charge < -0.3 is 0 Å². The Kier molecular flexibility index (Phi) is 4.14. The summed E-state index contributed by atoms with van der Waals surface area (Å²) in [7, 11) is -3.00. The summed E-state index contributed by atoms with van der Waals surface area (Å²) in [6, 6.07) is 11.3. The maximum atomic E-state index is 11.2. The van der Waals surface area contributed by atoms with Crippen LogP contribution in [0.25, 0.3) is 10.9 Å². The number of rotatable bonds is 5. The van der Waals surface area contributed by atoms with Crippen LogP contribution in [0.4, 0.5) is 0 Å². The van der Waals surface area contributed by atoms with Gasteiger partial charge in [0.15, 0.2) is 0 Å². The second-order valence-corrected chi connectivity index (χ2v) is 6.83. The zero-order chi connectivity index (χ0) is 13.9. The Hall–Kier alpha value is -1.50. The third-order valence-electron chi connectivity index (χ3n) is 2.96. The van der Waals surface area contributed by atoms with Crippen LogP contribution in [0.1, 0.15) is 18.2 Å². The minimum Gasteiger partial charge on any atom is -0.271 e. The molecule has 1 heterocycles. The summed E-state index contributed by atoms with van der Waals surface area (Å²) in [4.78, 5) is 4.51. The molecule has 0 bridgehead atoms. The van der Waals surface area contributed by atoms with Gasteiger partial charge in [-0.25, -0.2) is 8.42 Å². The van der Waals surface area contributed by atoms with Gasteiger partial charge in [-0.2, -0.15) is 0 Å². The molecule has 5 nitrogen and oxygen atoms in total. The van der Waals surface area contributed by atoms with Gasteiger partial charge in [0.25, 0.3) is 0 Å². The van der Waals surface area contributed by atoms with E-state index in [9.17, 15) is 8.42 Å². The van der Waals surface area contributed by atoms with Crippen molar-refractivity contribution in [2.24, 2.45) is 5.84 Å². The maximum absolute atomic E-state index is 11.2. The minimum atomic E-state index is -3.00. The molecule has 0 fully saturated rings. The molecule has 0 aliphatic rings. The predicted octanol–water partition coefficient (Wildman–Crippen LogP) is 1.17. The number of hydrogen-bond acceptors (Lipinski definition) is 5. The van der Waals surface area contributed by atoms with Crippen molar-refractivity contribution in [3.05, 3.63) is 42.1 Å². The van der Waals surface area contributed by atoms with Crippen molar-refractivity contribution in [2.45, 2.75) is 12.5 Å². The lowest BCUT2D eigenvalue weighted by Crippen LogP contribution is -2.30. The third kappa shape index (κ3) is 3.73. The fourth-order valence-corrected chi connectivity index (χ4v) is 2.59. The average molecular weight is 279 g/mol. The lowest BCUT2D eigenvalue weighted by Gasteiger charge is -2.15. The Labute approximate surface area is 112 Å². The molecule has 2 rings (SSSR count). The summed E-state index contributed by atoms with van der Waals surface area (Å²) in [6.07, 6.45) is 1.62. The minimum absolute atomic E-state index is 0.0797. The number of hydrazine groups is 1. The van der Waals surface area contributed by atoms with Crippen LogP contribution in [-0.4, -0.2) is 25.4 Å². The molecule has 0 spiro atoms. The number of nitrogens with zero attached hydrogens (tertiary/aromatic N) is 1. The molecular formula is C13H17N3O2S. The Balaban J connectivity index is 2.25. The van der Waals surface area contributed by atoms with Gasteiger partial charge in [-0.1, -0.05) is 24.3 Å². The molecule has 19 heavy (non-hydrogen) atoms. The summed E-state index contributed by atoms with van der Waals surface area (Å²) >= 11 is 0. The quantitative estimate of drug-likeness (QED) is 0.634. The van der Waals surface area contributed by atoms with Crippen molar-refractivity contribution in [3.63, 3.8) is 0 Å². The highest BCUT2D eigenvalue weighted by atomic mass is 32.2. The van der Waals surface area contributed by atoms with Crippen molar-refractivity contribution < 1.29 is 8.42 Å². The molecule has 102 valence electrons. The molecule has 1 atom stereocenters. The van der Waals surface area contributed by atoms with Gasteiger partial charge in [0.2, 0.25) is 0 Å². The molecule has 0 aliphatic carbocycles. The van der Waals surface area contributed by atoms with Crippen LogP contribution < -0.4 is 11.3 Å². The van der Waals surface area contributed by atoms with E-state index in [1.807, 2.05) is 36.4 Å². The summed E-state index contributed by atoms with van der Waals surface area (Å²) in [5.74, 6) is 5.57. The van der Waals surface area contributed by atoms with Gasteiger partial charge in [-0.05, 0) is 18.6 Å². The van der Waals surface area contributed by atoms with Crippen LogP contribution >= 0.6 is 0 Å². The predicted molar refractivity (Wildman–Crippen MR) is 76.1 cm³/mol. The topological polar surface area (TPSA) is 85.1 Å². The highest BCUT2D eigenvalue weighted by molar-refractivity contribution is 7.90. The molecule has 1 aromatic carbocycles. The second kappa shape index (κ2) is 5.64. The van der Waals surface area contributed by atoms with E-state index >= 15 is 0 Å². The zero-order valence-electron chi connectivity index (χ0n) is 10.7. The van der Waals surface area contributed by atoms with E-state index < -0.39 is 9.84 Å². The molecule has 2 aromatic rings. The zero-order valence-corrected chi connectivity index (χ0v) is 11.5. The Morgan fingerprint density at radius 2 is 2.00 bits per heavy atom. The number of hydrogen-bond donors (Lipinski definition) is 2. The number of pyridine rings is 1. The van der Waals surface area contributed by atoms with Crippen LogP contribution in [0, 0.1) is 0 Å². The molecule has 0 amide bonds. The highest BCUT2D eigenvalue weighted by Gasteiger charge is 2.14. The number of sulfone groups is 1. The van der Waals surface area contributed by atoms with Crippen LogP contribution in [0.5, 0.6) is 0 Å². The van der Waals surface area contributed by atoms with E-state index in [1.165, 1.54) is 6.26 Å². The lowest BCUT2D eigenvalue weighted by molar-refractivity contribution is 0.521. The molecule has 0 radical (unpaired) electrons. The summed E-state index contributed by atoms with van der Waals surface area (Å²) in [5, 5.41) is 1.05. The summed E-state index contributed by atoms with van der Waals surface area (Å²) in [5.41, 5.74) is 4.26. The van der Waals surface area contributed by atoms with E-state index in [-0.39, 0.29) is 11.8 Å². The molecular weight excluding hydrogens is 262 g/mol. The van der Waals surface area contributed by atoms with Crippen LogP contribution in [0.2, 0.25) is 0 Å². The van der Waals surface area contributed by atoms with Crippen LogP contribution in [0.15, 0.2) is 36.4 Å². The van der Waals surface area contributed by atoms with Gasteiger partial charge >= 0.3 is 0 Å². The van der Waals surface area contributed by atoms with Crippen molar-refractivity contribution in [1.29, 1.82) is 0 Å². The van der Waals surface area contributed by atoms with Gasteiger partial charge in [-0.3, -0.25) is 16.3 Å². The standard InChI is InChI=1S/C13H17N3O2S/c1-19(17,18)9-8-13(16-14)12-7-6-10-4-2-3-5-11(10)15-12/h2-7,13,16H,8-9,14H2,1H3. The first-order valence-corrected chi connectivity index (χ1v) is 8.05. The first kappa shape index (κ1) is 13.9. The normalized spacial score (nSPS) is 13.6. The maximum Gasteiger partial charge on any atom is 0.147 e. The van der Waals surface area contributed by atoms with E-state index in [1.54, 1.807) is 0 Å². The molecule has 3 N–H and O–H groups in total. The first-order chi connectivity index (χ1) is 8.99. The number of aromatic nitrogens is 1. The number of benzene rings is 1. The number of nitrogens with two attached hydrogens (primary N) is 1. The SMILES string of the molecule is CS(=O)(=O)CCC(NN)c1ccc2ccccc2n1. The largest absolute Gasteiger partial charge is 0.271 e. The number of fused-ring (bicyclic) bond motifs is 1. The Morgan fingerprint density at radius 3 is 2.68 bits per heavy atom. The van der Waals surface area contributed by atoms with Gasteiger partial charge in [0.1, 0.15) is 9.84 Å². The number of para-hydroxylation sites is 1. The van der Waals surface area contributed by atoms with Gasteiger partial charge in [0.05, 0.1) is 23.0 Å². The highest BCUT2D eigenvalue weighted by Crippen LogP contribution is 2.18. The monoisotopic (exact) mass is 279 g/mol. The summed E-state index contributed by atoms with van der Waals surface area (Å²) < 4.78 is 22.4. The molecule has 0 saturated heterocycles. The van der Waals surface area contributed by atoms with Crippen molar-refractivity contribution in [1.82, 2.24) is 10.4 Å². The summed E-state index contributed by atoms with van der Waals surface area (Å²) in [6.45, 7) is 0. The smallest absolute Gasteiger partial charge is 0.147 e. The van der Waals surface area contributed by atoms with E-state index in [0.717, 1.165) is 16.6 Å². The van der Waals surface area contributed by atoms with E-state index in [0.29, 0.717) is 6.42 Å². The molecule has 0 saturated carbocycles. The third-order valence-corrected chi connectivity index (χ3v) is 3.93. The Morgan fingerprint density at radius 1 is 1.26 bits per heavy atom. The lowest BCUT2D eigenvalue weighted by atomic mass is 10.1. The van der Waals surface area contributed by atoms with E-state index in [4.69, 9.17) is 5.84 Å². The molecule has 0 aliphatic heterocycles. The second-order valence-electron chi connectivity index (χ2n) is 4.57. The Bertz CT molecular complexity index is 670. The number of nitrogens with one attached hydrogen (secondary N) is 1. The molecule has 1 aromatic heterocycles. The van der Waals surface area contributed by atoms with Gasteiger partial charge in [-0.15, -0.1) is 0 Å². The fraction of sp³-hybridized carbons (Fsp3) is 0.308. The fourth-order valence-electron chi connectivity index (χ4n) is 1.92. The van der Waals surface area contributed by atoms with Crippen LogP contribution in [-0.2, 0) is 9.84 Å². The van der Waals surface area contributed by atoms with Crippen molar-refractivity contribution >= 4 is 20.7 Å². The molecule has 6 heteroatoms. The average Bonchev–Trinajstić information content (AvgIpc) is 2.38.